The number of carbonyl (C=O) groups excluding carboxylic acids is 2. The molecular weight excluding hydrogens is 342 g/mol. The van der Waals surface area contributed by atoms with Gasteiger partial charge in [-0.3, -0.25) is 9.59 Å². The van der Waals surface area contributed by atoms with Crippen LogP contribution in [0.3, 0.4) is 0 Å². The summed E-state index contributed by atoms with van der Waals surface area (Å²) in [6, 6.07) is 11.1. The van der Waals surface area contributed by atoms with Gasteiger partial charge < -0.3 is 14.5 Å². The molecule has 1 N–H and O–H groups in total. The van der Waals surface area contributed by atoms with E-state index in [9.17, 15) is 9.59 Å². The van der Waals surface area contributed by atoms with Gasteiger partial charge in [-0.25, -0.2) is 0 Å². The Bertz CT molecular complexity index is 874. The van der Waals surface area contributed by atoms with Crippen LogP contribution in [0, 0.1) is 6.92 Å². The first-order chi connectivity index (χ1) is 12.1. The maximum atomic E-state index is 11.7. The van der Waals surface area contributed by atoms with Crippen molar-refractivity contribution in [2.75, 3.05) is 6.54 Å². The largest absolute Gasteiger partial charge is 0.454 e. The first-order valence-electron chi connectivity index (χ1n) is 7.48. The molecule has 0 saturated heterocycles. The number of thiophene rings is 1. The fourth-order valence-corrected chi connectivity index (χ4v) is 2.69. The van der Waals surface area contributed by atoms with Crippen LogP contribution in [0.1, 0.15) is 21.1 Å². The van der Waals surface area contributed by atoms with Gasteiger partial charge in [0.25, 0.3) is 11.8 Å². The molecule has 0 fully saturated rings. The van der Waals surface area contributed by atoms with Crippen LogP contribution in [0.4, 0.5) is 0 Å². The zero-order chi connectivity index (χ0) is 17.6. The van der Waals surface area contributed by atoms with Gasteiger partial charge in [0.15, 0.2) is 6.61 Å². The number of hydrogen-bond donors (Lipinski definition) is 1. The van der Waals surface area contributed by atoms with Crippen molar-refractivity contribution in [2.24, 2.45) is 0 Å². The number of ether oxygens (including phenoxy) is 1. The lowest BCUT2D eigenvalue weighted by molar-refractivity contribution is -0.144. The highest BCUT2D eigenvalue weighted by molar-refractivity contribution is 7.12. The average molecular weight is 357 g/mol. The Hall–Kier alpha value is -3.00. The number of nitrogens with one attached hydrogen (secondary N) is 1. The van der Waals surface area contributed by atoms with Crippen molar-refractivity contribution >= 4 is 23.2 Å². The van der Waals surface area contributed by atoms with E-state index in [1.165, 1.54) is 11.3 Å². The zero-order valence-corrected chi connectivity index (χ0v) is 14.2. The number of rotatable bonds is 6. The lowest BCUT2D eigenvalue weighted by atomic mass is 10.1. The Labute approximate surface area is 147 Å². The highest BCUT2D eigenvalue weighted by atomic mass is 32.1. The summed E-state index contributed by atoms with van der Waals surface area (Å²) in [5.41, 5.74) is 1.87. The van der Waals surface area contributed by atoms with Crippen LogP contribution in [0.2, 0.25) is 0 Å². The van der Waals surface area contributed by atoms with Crippen molar-refractivity contribution in [3.63, 3.8) is 0 Å². The second-order valence-electron chi connectivity index (χ2n) is 5.19. The second-order valence-corrected chi connectivity index (χ2v) is 6.14. The maximum Gasteiger partial charge on any atom is 0.325 e. The molecule has 2 heterocycles. The van der Waals surface area contributed by atoms with E-state index in [0.717, 1.165) is 11.1 Å². The summed E-state index contributed by atoms with van der Waals surface area (Å²) >= 11 is 1.30. The van der Waals surface area contributed by atoms with Crippen molar-refractivity contribution in [3.05, 3.63) is 58.1 Å². The number of nitrogens with zero attached hydrogens (tertiary/aromatic N) is 2. The second kappa shape index (κ2) is 7.71. The fourth-order valence-electron chi connectivity index (χ4n) is 2.05. The molecule has 7 nitrogen and oxygen atoms in total. The molecule has 128 valence electrons. The maximum absolute atomic E-state index is 11.7. The average Bonchev–Trinajstić information content (AvgIpc) is 3.29. The molecule has 0 radical (unpaired) electrons. The van der Waals surface area contributed by atoms with Gasteiger partial charge in [-0.1, -0.05) is 23.8 Å². The molecule has 0 aliphatic rings. The third kappa shape index (κ3) is 4.51. The number of benzene rings is 1. The van der Waals surface area contributed by atoms with Gasteiger partial charge in [-0.05, 0) is 30.5 Å². The van der Waals surface area contributed by atoms with Gasteiger partial charge in [-0.15, -0.1) is 21.5 Å². The van der Waals surface area contributed by atoms with Gasteiger partial charge in [-0.2, -0.15) is 0 Å². The molecule has 8 heteroatoms. The van der Waals surface area contributed by atoms with Crippen molar-refractivity contribution < 1.29 is 18.7 Å². The minimum absolute atomic E-state index is 0.146. The molecule has 25 heavy (non-hydrogen) atoms. The third-order valence-corrected chi connectivity index (χ3v) is 4.10. The van der Waals surface area contributed by atoms with Crippen LogP contribution in [0.25, 0.3) is 11.5 Å². The molecule has 1 amide bonds. The van der Waals surface area contributed by atoms with Crippen molar-refractivity contribution in [1.82, 2.24) is 15.5 Å². The standard InChI is InChI=1S/C17H15N3O4S/c1-11-4-2-5-12(8-11)17-20-19-14(24-17)10-23-15(21)9-18-16(22)13-6-3-7-25-13/h2-8H,9-10H2,1H3,(H,18,22). The van der Waals surface area contributed by atoms with Crippen LogP contribution >= 0.6 is 11.3 Å². The molecule has 3 aromatic rings. The Kier molecular flexibility index (Phi) is 5.20. The molecular formula is C17H15N3O4S. The molecule has 0 atom stereocenters. The van der Waals surface area contributed by atoms with Crippen molar-refractivity contribution in [1.29, 1.82) is 0 Å². The fraction of sp³-hybridized carbons (Fsp3) is 0.176. The number of hydrogen-bond acceptors (Lipinski definition) is 7. The van der Waals surface area contributed by atoms with E-state index in [-0.39, 0.29) is 24.9 Å². The van der Waals surface area contributed by atoms with Gasteiger partial charge >= 0.3 is 5.97 Å². The SMILES string of the molecule is Cc1cccc(-c2nnc(COC(=O)CNC(=O)c3cccs3)o2)c1. The van der Waals surface area contributed by atoms with Gasteiger partial charge in [0.1, 0.15) is 6.54 Å². The van der Waals surface area contributed by atoms with Gasteiger partial charge in [0.05, 0.1) is 4.88 Å². The monoisotopic (exact) mass is 357 g/mol. The third-order valence-electron chi connectivity index (χ3n) is 3.23. The molecule has 3 rings (SSSR count). The van der Waals surface area contributed by atoms with E-state index in [0.29, 0.717) is 10.8 Å². The van der Waals surface area contributed by atoms with E-state index < -0.39 is 5.97 Å². The topological polar surface area (TPSA) is 94.3 Å². The molecule has 0 bridgehead atoms. The van der Waals surface area contributed by atoms with E-state index in [1.807, 2.05) is 31.2 Å². The summed E-state index contributed by atoms with van der Waals surface area (Å²) in [4.78, 5) is 23.9. The lowest BCUT2D eigenvalue weighted by Gasteiger charge is -2.03. The first-order valence-corrected chi connectivity index (χ1v) is 8.36. The number of carbonyl (C=O) groups is 2. The Morgan fingerprint density at radius 1 is 1.24 bits per heavy atom. The highest BCUT2D eigenvalue weighted by Crippen LogP contribution is 2.19. The predicted octanol–water partition coefficient (Wildman–Crippen LogP) is 2.58. The van der Waals surface area contributed by atoms with Gasteiger partial charge in [0, 0.05) is 5.56 Å². The summed E-state index contributed by atoms with van der Waals surface area (Å²) in [7, 11) is 0. The zero-order valence-electron chi connectivity index (χ0n) is 13.4. The summed E-state index contributed by atoms with van der Waals surface area (Å²) < 4.78 is 10.5. The number of esters is 1. The molecule has 0 spiro atoms. The quantitative estimate of drug-likeness (QED) is 0.682. The molecule has 0 unspecified atom stereocenters. The van der Waals surface area contributed by atoms with E-state index in [1.54, 1.807) is 17.5 Å². The van der Waals surface area contributed by atoms with Gasteiger partial charge in [0.2, 0.25) is 5.89 Å². The Morgan fingerprint density at radius 2 is 2.12 bits per heavy atom. The molecule has 2 aromatic heterocycles. The lowest BCUT2D eigenvalue weighted by Crippen LogP contribution is -2.30. The van der Waals surface area contributed by atoms with Crippen LogP contribution in [0.15, 0.2) is 46.2 Å². The number of aryl methyl sites for hydroxylation is 1. The molecule has 0 aliphatic carbocycles. The molecule has 0 saturated carbocycles. The summed E-state index contributed by atoms with van der Waals surface area (Å²) in [6.07, 6.45) is 0. The van der Waals surface area contributed by atoms with Crippen LogP contribution in [-0.2, 0) is 16.1 Å². The minimum Gasteiger partial charge on any atom is -0.454 e. The van der Waals surface area contributed by atoms with E-state index in [4.69, 9.17) is 9.15 Å². The van der Waals surface area contributed by atoms with E-state index in [2.05, 4.69) is 15.5 Å². The number of aromatic nitrogens is 2. The summed E-state index contributed by atoms with van der Waals surface area (Å²) in [6.45, 7) is 1.59. The van der Waals surface area contributed by atoms with Crippen molar-refractivity contribution in [2.45, 2.75) is 13.5 Å². The Morgan fingerprint density at radius 3 is 2.88 bits per heavy atom. The minimum atomic E-state index is -0.583. The number of amides is 1. The predicted molar refractivity (Wildman–Crippen MR) is 90.9 cm³/mol. The van der Waals surface area contributed by atoms with Crippen molar-refractivity contribution in [3.8, 4) is 11.5 Å². The first kappa shape index (κ1) is 16.8. The van der Waals surface area contributed by atoms with Crippen LogP contribution in [-0.4, -0.2) is 28.6 Å². The van der Waals surface area contributed by atoms with Crippen LogP contribution < -0.4 is 5.32 Å². The van der Waals surface area contributed by atoms with Crippen LogP contribution in [0.5, 0.6) is 0 Å². The smallest absolute Gasteiger partial charge is 0.325 e. The normalized spacial score (nSPS) is 10.4. The summed E-state index contributed by atoms with van der Waals surface area (Å²) in [5, 5.41) is 12.1. The summed E-state index contributed by atoms with van der Waals surface area (Å²) in [5.74, 6) is -0.345. The molecule has 0 aliphatic heterocycles. The van der Waals surface area contributed by atoms with E-state index >= 15 is 0 Å². The highest BCUT2D eigenvalue weighted by Gasteiger charge is 2.13. The molecule has 1 aromatic carbocycles. The Balaban J connectivity index is 1.49.